The van der Waals surface area contributed by atoms with Crippen LogP contribution in [0.2, 0.25) is 0 Å². The summed E-state index contributed by atoms with van der Waals surface area (Å²) in [7, 11) is 0. The number of thiophene rings is 1. The van der Waals surface area contributed by atoms with Crippen molar-refractivity contribution in [2.24, 2.45) is 5.73 Å². The van der Waals surface area contributed by atoms with Gasteiger partial charge in [0.1, 0.15) is 12.4 Å². The van der Waals surface area contributed by atoms with E-state index in [0.717, 1.165) is 41.7 Å². The number of nitrogens with one attached hydrogen (secondary N) is 1. The summed E-state index contributed by atoms with van der Waals surface area (Å²) in [6, 6.07) is 4.29. The maximum absolute atomic E-state index is 11.9. The van der Waals surface area contributed by atoms with Crippen molar-refractivity contribution in [3.8, 4) is 5.75 Å². The molecule has 0 saturated carbocycles. The Labute approximate surface area is 162 Å². The number of hydrogen-bond donors (Lipinski definition) is 3. The van der Waals surface area contributed by atoms with Gasteiger partial charge in [0, 0.05) is 49.4 Å². The number of Topliss-reactive ketones (excluding diaryl/α,β-unsaturated/α-hetero) is 1. The number of piperidine rings is 1. The van der Waals surface area contributed by atoms with E-state index in [2.05, 4.69) is 16.3 Å². The monoisotopic (exact) mass is 390 g/mol. The van der Waals surface area contributed by atoms with E-state index in [9.17, 15) is 9.59 Å². The zero-order valence-corrected chi connectivity index (χ0v) is 16.5. The first-order chi connectivity index (χ1) is 12.9. The van der Waals surface area contributed by atoms with Crippen LogP contribution in [-0.4, -0.2) is 44.0 Å². The lowest BCUT2D eigenvalue weighted by molar-refractivity contribution is -0.119. The summed E-state index contributed by atoms with van der Waals surface area (Å²) in [6.45, 7) is 5.50. The molecule has 0 radical (unpaired) electrons. The molecule has 1 saturated heterocycles. The highest BCUT2D eigenvalue weighted by Gasteiger charge is 2.22. The van der Waals surface area contributed by atoms with E-state index in [0.29, 0.717) is 29.5 Å². The predicted molar refractivity (Wildman–Crippen MR) is 110 cm³/mol. The third-order valence-electron chi connectivity index (χ3n) is 4.73. The maximum atomic E-state index is 11.9. The van der Waals surface area contributed by atoms with Crippen molar-refractivity contribution in [2.45, 2.75) is 32.7 Å². The summed E-state index contributed by atoms with van der Waals surface area (Å²) in [5.41, 5.74) is 13.8. The molecular formula is C19H26N4O3S. The predicted octanol–water partition coefficient (Wildman–Crippen LogP) is 2.13. The Morgan fingerprint density at radius 3 is 2.63 bits per heavy atom. The molecule has 146 valence electrons. The summed E-state index contributed by atoms with van der Waals surface area (Å²) >= 11 is 1.39. The molecule has 1 amide bonds. The first kappa shape index (κ1) is 19.4. The van der Waals surface area contributed by atoms with Gasteiger partial charge < -0.3 is 26.4 Å². The molecule has 1 aliphatic rings. The lowest BCUT2D eigenvalue weighted by atomic mass is 10.0. The van der Waals surface area contributed by atoms with E-state index >= 15 is 0 Å². The molecule has 0 aliphatic carbocycles. The smallest absolute Gasteiger partial charge is 0.216 e. The molecule has 5 N–H and O–H groups in total. The quantitative estimate of drug-likeness (QED) is 0.515. The van der Waals surface area contributed by atoms with E-state index in [4.69, 9.17) is 16.2 Å². The minimum atomic E-state index is -0.101. The minimum Gasteiger partial charge on any atom is -0.491 e. The van der Waals surface area contributed by atoms with Crippen molar-refractivity contribution >= 4 is 44.5 Å². The van der Waals surface area contributed by atoms with Gasteiger partial charge in [0.25, 0.3) is 0 Å². The van der Waals surface area contributed by atoms with Crippen LogP contribution in [0.15, 0.2) is 12.1 Å². The fourth-order valence-corrected chi connectivity index (χ4v) is 4.37. The number of benzene rings is 1. The normalized spacial score (nSPS) is 15.1. The van der Waals surface area contributed by atoms with Gasteiger partial charge in [-0.1, -0.05) is 0 Å². The number of rotatable bonds is 6. The van der Waals surface area contributed by atoms with Gasteiger partial charge in [-0.2, -0.15) is 0 Å². The van der Waals surface area contributed by atoms with Gasteiger partial charge in [0.2, 0.25) is 5.91 Å². The van der Waals surface area contributed by atoms with Crippen LogP contribution in [0.5, 0.6) is 5.75 Å². The summed E-state index contributed by atoms with van der Waals surface area (Å²) in [5.74, 6) is 0.489. The molecule has 8 heteroatoms. The van der Waals surface area contributed by atoms with Crippen LogP contribution in [-0.2, 0) is 4.79 Å². The van der Waals surface area contributed by atoms with Crippen molar-refractivity contribution in [2.75, 3.05) is 36.9 Å². The number of nitrogens with zero attached hydrogens (tertiary/aromatic N) is 1. The van der Waals surface area contributed by atoms with Gasteiger partial charge in [-0.3, -0.25) is 9.59 Å². The molecule has 0 spiro atoms. The highest BCUT2D eigenvalue weighted by atomic mass is 32.1. The third kappa shape index (κ3) is 4.33. The van der Waals surface area contributed by atoms with Crippen molar-refractivity contribution < 1.29 is 14.3 Å². The zero-order valence-electron chi connectivity index (χ0n) is 15.7. The molecule has 1 fully saturated rings. The van der Waals surface area contributed by atoms with Crippen LogP contribution in [0.25, 0.3) is 10.1 Å². The van der Waals surface area contributed by atoms with Crippen LogP contribution in [0.3, 0.4) is 0 Å². The van der Waals surface area contributed by atoms with Crippen LogP contribution in [0, 0.1) is 0 Å². The minimum absolute atomic E-state index is 0.0524. The Hall–Kier alpha value is -2.32. The number of ether oxygens (including phenoxy) is 1. The molecule has 27 heavy (non-hydrogen) atoms. The van der Waals surface area contributed by atoms with Gasteiger partial charge in [-0.25, -0.2) is 0 Å². The lowest BCUT2D eigenvalue weighted by Gasteiger charge is -2.32. The number of nitrogens with two attached hydrogens (primary N) is 2. The molecule has 0 bridgehead atoms. The van der Waals surface area contributed by atoms with Gasteiger partial charge in [-0.05, 0) is 18.9 Å². The van der Waals surface area contributed by atoms with E-state index in [1.54, 1.807) is 0 Å². The number of anilines is 2. The first-order valence-electron chi connectivity index (χ1n) is 9.11. The van der Waals surface area contributed by atoms with Gasteiger partial charge in [0.15, 0.2) is 5.78 Å². The van der Waals surface area contributed by atoms with Crippen molar-refractivity contribution in [1.82, 2.24) is 5.32 Å². The average molecular weight is 391 g/mol. The number of carbonyl (C=O) groups excluding carboxylic acids is 2. The number of carbonyl (C=O) groups is 2. The average Bonchev–Trinajstić information content (AvgIpc) is 2.96. The van der Waals surface area contributed by atoms with E-state index in [1.807, 2.05) is 6.07 Å². The van der Waals surface area contributed by atoms with Crippen LogP contribution in [0.1, 0.15) is 36.4 Å². The van der Waals surface area contributed by atoms with E-state index < -0.39 is 0 Å². The molecular weight excluding hydrogens is 364 g/mol. The van der Waals surface area contributed by atoms with Crippen molar-refractivity contribution in [1.29, 1.82) is 0 Å². The Balaban J connectivity index is 1.95. The standard InChI is InChI=1S/C19H26N4O3S/c1-11(24)19-18(21)17-15(26-8-5-22-12(2)25)9-14(10-16(17)27-19)23-6-3-13(20)4-7-23/h9-10,13H,3-8,20-21H2,1-2H3,(H,22,25). The Morgan fingerprint density at radius 1 is 1.30 bits per heavy atom. The Morgan fingerprint density at radius 2 is 2.00 bits per heavy atom. The molecule has 1 aliphatic heterocycles. The van der Waals surface area contributed by atoms with Gasteiger partial charge in [0.05, 0.1) is 22.5 Å². The van der Waals surface area contributed by atoms with Gasteiger partial charge in [-0.15, -0.1) is 11.3 Å². The fourth-order valence-electron chi connectivity index (χ4n) is 3.30. The molecule has 2 aromatic rings. The number of fused-ring (bicyclic) bond motifs is 1. The summed E-state index contributed by atoms with van der Waals surface area (Å²) in [6.07, 6.45) is 1.89. The molecule has 3 rings (SSSR count). The maximum Gasteiger partial charge on any atom is 0.216 e. The third-order valence-corrected chi connectivity index (χ3v) is 5.99. The highest BCUT2D eigenvalue weighted by Crippen LogP contribution is 2.43. The molecule has 1 aromatic heterocycles. The topological polar surface area (TPSA) is 111 Å². The molecule has 0 unspecified atom stereocenters. The summed E-state index contributed by atoms with van der Waals surface area (Å²) in [4.78, 5) is 25.8. The number of ketones is 1. The Bertz CT molecular complexity index is 856. The van der Waals surface area contributed by atoms with Crippen LogP contribution < -0.4 is 26.4 Å². The number of nitrogen functional groups attached to an aromatic ring is 1. The fraction of sp³-hybridized carbons (Fsp3) is 0.474. The van der Waals surface area contributed by atoms with Crippen molar-refractivity contribution in [3.63, 3.8) is 0 Å². The second-order valence-electron chi connectivity index (χ2n) is 6.87. The van der Waals surface area contributed by atoms with Crippen LogP contribution >= 0.6 is 11.3 Å². The number of amides is 1. The highest BCUT2D eigenvalue weighted by molar-refractivity contribution is 7.21. The first-order valence-corrected chi connectivity index (χ1v) is 9.93. The molecule has 1 aromatic carbocycles. The molecule has 0 atom stereocenters. The lowest BCUT2D eigenvalue weighted by Crippen LogP contribution is -2.39. The summed E-state index contributed by atoms with van der Waals surface area (Å²) < 4.78 is 6.88. The molecule has 2 heterocycles. The second kappa shape index (κ2) is 8.14. The van der Waals surface area contributed by atoms with Gasteiger partial charge >= 0.3 is 0 Å². The largest absolute Gasteiger partial charge is 0.491 e. The number of hydrogen-bond acceptors (Lipinski definition) is 7. The van der Waals surface area contributed by atoms with Crippen molar-refractivity contribution in [3.05, 3.63) is 17.0 Å². The van der Waals surface area contributed by atoms with Crippen LogP contribution in [0.4, 0.5) is 11.4 Å². The Kier molecular flexibility index (Phi) is 5.86. The molecule has 7 nitrogen and oxygen atoms in total. The van der Waals surface area contributed by atoms with E-state index in [-0.39, 0.29) is 17.7 Å². The zero-order chi connectivity index (χ0) is 19.6. The summed E-state index contributed by atoms with van der Waals surface area (Å²) in [5, 5.41) is 3.48. The SMILES string of the molecule is CC(=O)NCCOc1cc(N2CCC(N)CC2)cc2sc(C(C)=O)c(N)c12. The van der Waals surface area contributed by atoms with E-state index in [1.165, 1.54) is 25.2 Å². The second-order valence-corrected chi connectivity index (χ2v) is 7.93.